The van der Waals surface area contributed by atoms with Gasteiger partial charge in [0.2, 0.25) is 5.91 Å². The highest BCUT2D eigenvalue weighted by Gasteiger charge is 2.10. The van der Waals surface area contributed by atoms with E-state index in [1.54, 1.807) is 29.4 Å². The molecule has 2 aromatic rings. The molecule has 0 atom stereocenters. The van der Waals surface area contributed by atoms with E-state index in [0.717, 1.165) is 16.9 Å². The van der Waals surface area contributed by atoms with Gasteiger partial charge in [-0.2, -0.15) is 0 Å². The van der Waals surface area contributed by atoms with Crippen LogP contribution in [0.5, 0.6) is 5.75 Å². The van der Waals surface area contributed by atoms with Gasteiger partial charge in [0.05, 0.1) is 13.7 Å². The fourth-order valence-corrected chi connectivity index (χ4v) is 3.17. The van der Waals surface area contributed by atoms with E-state index in [1.165, 1.54) is 9.75 Å². The Morgan fingerprint density at radius 1 is 1.27 bits per heavy atom. The number of thiophene rings is 1. The standard InChI is InChI=1S/C18H21NO2S/c1-13(16-7-5-6-8-17(16)21-4)11-18(20)19(3)12-15-10-9-14(2)22-15/h5-11H,12H2,1-4H3. The van der Waals surface area contributed by atoms with Crippen molar-refractivity contribution in [3.63, 3.8) is 0 Å². The number of amides is 1. The van der Waals surface area contributed by atoms with Crippen molar-refractivity contribution in [1.82, 2.24) is 4.90 Å². The van der Waals surface area contributed by atoms with Crippen LogP contribution in [0.3, 0.4) is 0 Å². The third-order valence-electron chi connectivity index (χ3n) is 3.44. The maximum Gasteiger partial charge on any atom is 0.246 e. The number of methoxy groups -OCH3 is 1. The van der Waals surface area contributed by atoms with Gasteiger partial charge in [0.15, 0.2) is 0 Å². The second kappa shape index (κ2) is 7.27. The van der Waals surface area contributed by atoms with Gasteiger partial charge >= 0.3 is 0 Å². The topological polar surface area (TPSA) is 29.5 Å². The average Bonchev–Trinajstić information content (AvgIpc) is 2.92. The predicted octanol–water partition coefficient (Wildman–Crippen LogP) is 4.13. The Balaban J connectivity index is 2.11. The van der Waals surface area contributed by atoms with Gasteiger partial charge in [-0.3, -0.25) is 4.79 Å². The molecule has 0 spiro atoms. The summed E-state index contributed by atoms with van der Waals surface area (Å²) in [5.41, 5.74) is 1.84. The van der Waals surface area contributed by atoms with E-state index in [-0.39, 0.29) is 5.91 Å². The maximum absolute atomic E-state index is 12.4. The molecule has 0 radical (unpaired) electrons. The lowest BCUT2D eigenvalue weighted by Gasteiger charge is -2.15. The number of allylic oxidation sites excluding steroid dienone is 1. The van der Waals surface area contributed by atoms with Gasteiger partial charge in [-0.25, -0.2) is 0 Å². The summed E-state index contributed by atoms with van der Waals surface area (Å²) in [5.74, 6) is 0.773. The molecule has 0 aliphatic heterocycles. The van der Waals surface area contributed by atoms with E-state index >= 15 is 0 Å². The van der Waals surface area contributed by atoms with Crippen LogP contribution >= 0.6 is 11.3 Å². The lowest BCUT2D eigenvalue weighted by atomic mass is 10.1. The molecule has 22 heavy (non-hydrogen) atoms. The number of ether oxygens (including phenoxy) is 1. The highest BCUT2D eigenvalue weighted by atomic mass is 32.1. The van der Waals surface area contributed by atoms with Crippen molar-refractivity contribution >= 4 is 22.8 Å². The van der Waals surface area contributed by atoms with Crippen LogP contribution in [0.1, 0.15) is 22.2 Å². The average molecular weight is 315 g/mol. The molecular weight excluding hydrogens is 294 g/mol. The van der Waals surface area contributed by atoms with Crippen molar-refractivity contribution in [2.75, 3.05) is 14.2 Å². The monoisotopic (exact) mass is 315 g/mol. The summed E-state index contributed by atoms with van der Waals surface area (Å²) in [6, 6.07) is 11.9. The van der Waals surface area contributed by atoms with Crippen LogP contribution < -0.4 is 4.74 Å². The molecule has 0 aliphatic carbocycles. The van der Waals surface area contributed by atoms with Crippen molar-refractivity contribution in [2.45, 2.75) is 20.4 Å². The number of aryl methyl sites for hydroxylation is 1. The zero-order valence-corrected chi connectivity index (χ0v) is 14.2. The maximum atomic E-state index is 12.4. The van der Waals surface area contributed by atoms with Gasteiger partial charge in [-0.1, -0.05) is 18.2 Å². The lowest BCUT2D eigenvalue weighted by molar-refractivity contribution is -0.125. The molecule has 116 valence electrons. The lowest BCUT2D eigenvalue weighted by Crippen LogP contribution is -2.23. The summed E-state index contributed by atoms with van der Waals surface area (Å²) in [7, 11) is 3.46. The predicted molar refractivity (Wildman–Crippen MR) is 92.2 cm³/mol. The molecule has 0 fully saturated rings. The van der Waals surface area contributed by atoms with Crippen molar-refractivity contribution in [3.8, 4) is 5.75 Å². The van der Waals surface area contributed by atoms with E-state index in [9.17, 15) is 4.79 Å². The van der Waals surface area contributed by atoms with Gasteiger partial charge in [0.1, 0.15) is 5.75 Å². The van der Waals surface area contributed by atoms with E-state index in [1.807, 2.05) is 38.2 Å². The number of nitrogens with zero attached hydrogens (tertiary/aromatic N) is 1. The first-order chi connectivity index (χ1) is 10.5. The molecule has 0 saturated heterocycles. The van der Waals surface area contributed by atoms with Gasteiger partial charge in [-0.15, -0.1) is 11.3 Å². The number of likely N-dealkylation sites (N-methyl/N-ethyl adjacent to an activating group) is 1. The quantitative estimate of drug-likeness (QED) is 0.777. The zero-order valence-electron chi connectivity index (χ0n) is 13.4. The minimum atomic E-state index is -0.00513. The van der Waals surface area contributed by atoms with E-state index in [2.05, 4.69) is 19.1 Å². The van der Waals surface area contributed by atoms with Crippen LogP contribution in [-0.2, 0) is 11.3 Å². The normalized spacial score (nSPS) is 11.4. The second-order valence-corrected chi connectivity index (χ2v) is 6.61. The van der Waals surface area contributed by atoms with Crippen LogP contribution in [0.4, 0.5) is 0 Å². The van der Waals surface area contributed by atoms with Gasteiger partial charge in [0.25, 0.3) is 0 Å². The summed E-state index contributed by atoms with van der Waals surface area (Å²) >= 11 is 1.72. The number of carbonyl (C=O) groups is 1. The molecule has 3 nitrogen and oxygen atoms in total. The molecule has 1 heterocycles. The number of carbonyl (C=O) groups excluding carboxylic acids is 1. The minimum absolute atomic E-state index is 0.00513. The van der Waals surface area contributed by atoms with Gasteiger partial charge in [-0.05, 0) is 37.6 Å². The first-order valence-corrected chi connectivity index (χ1v) is 7.95. The number of benzene rings is 1. The SMILES string of the molecule is COc1ccccc1C(C)=CC(=O)N(C)Cc1ccc(C)s1. The molecule has 0 unspecified atom stereocenters. The van der Waals surface area contributed by atoms with Crippen molar-refractivity contribution < 1.29 is 9.53 Å². The van der Waals surface area contributed by atoms with Gasteiger partial charge in [0, 0.05) is 28.4 Å². The number of hydrogen-bond donors (Lipinski definition) is 0. The fourth-order valence-electron chi connectivity index (χ4n) is 2.23. The Morgan fingerprint density at radius 3 is 2.64 bits per heavy atom. The Kier molecular flexibility index (Phi) is 5.39. The molecule has 1 aromatic carbocycles. The minimum Gasteiger partial charge on any atom is -0.496 e. The van der Waals surface area contributed by atoms with Crippen molar-refractivity contribution in [1.29, 1.82) is 0 Å². The molecule has 0 bridgehead atoms. The number of rotatable bonds is 5. The fraction of sp³-hybridized carbons (Fsp3) is 0.278. The molecule has 4 heteroatoms. The number of para-hydroxylation sites is 1. The highest BCUT2D eigenvalue weighted by Crippen LogP contribution is 2.25. The summed E-state index contributed by atoms with van der Waals surface area (Å²) in [6.07, 6.45) is 1.66. The first kappa shape index (κ1) is 16.3. The van der Waals surface area contributed by atoms with Crippen molar-refractivity contribution in [3.05, 3.63) is 57.8 Å². The Labute approximate surface area is 135 Å². The summed E-state index contributed by atoms with van der Waals surface area (Å²) < 4.78 is 5.34. The van der Waals surface area contributed by atoms with Crippen LogP contribution in [0.15, 0.2) is 42.5 Å². The molecule has 2 rings (SSSR count). The van der Waals surface area contributed by atoms with Crippen LogP contribution in [0.25, 0.3) is 5.57 Å². The third-order valence-corrected chi connectivity index (χ3v) is 4.42. The largest absolute Gasteiger partial charge is 0.496 e. The molecule has 0 aliphatic rings. The highest BCUT2D eigenvalue weighted by molar-refractivity contribution is 7.11. The van der Waals surface area contributed by atoms with Crippen LogP contribution in [0, 0.1) is 6.92 Å². The third kappa shape index (κ3) is 3.98. The van der Waals surface area contributed by atoms with Crippen molar-refractivity contribution in [2.24, 2.45) is 0 Å². The second-order valence-electron chi connectivity index (χ2n) is 5.23. The summed E-state index contributed by atoms with van der Waals surface area (Å²) in [5, 5.41) is 0. The Morgan fingerprint density at radius 2 is 2.00 bits per heavy atom. The summed E-state index contributed by atoms with van der Waals surface area (Å²) in [6.45, 7) is 4.63. The number of hydrogen-bond acceptors (Lipinski definition) is 3. The molecule has 1 aromatic heterocycles. The molecule has 0 saturated carbocycles. The van der Waals surface area contributed by atoms with Crippen LogP contribution in [-0.4, -0.2) is 25.0 Å². The van der Waals surface area contributed by atoms with Gasteiger partial charge < -0.3 is 9.64 Å². The Bertz CT molecular complexity index is 688. The zero-order chi connectivity index (χ0) is 16.1. The first-order valence-electron chi connectivity index (χ1n) is 7.13. The van der Waals surface area contributed by atoms with E-state index in [0.29, 0.717) is 6.54 Å². The van der Waals surface area contributed by atoms with E-state index in [4.69, 9.17) is 4.74 Å². The smallest absolute Gasteiger partial charge is 0.246 e. The summed E-state index contributed by atoms with van der Waals surface area (Å²) in [4.78, 5) is 16.5. The molecular formula is C18H21NO2S. The van der Waals surface area contributed by atoms with Crippen LogP contribution in [0.2, 0.25) is 0 Å². The molecule has 0 N–H and O–H groups in total. The molecule has 1 amide bonds. The Hall–Kier alpha value is -2.07. The van der Waals surface area contributed by atoms with E-state index < -0.39 is 0 Å².